The van der Waals surface area contributed by atoms with E-state index in [4.69, 9.17) is 9.47 Å². The van der Waals surface area contributed by atoms with E-state index < -0.39 is 16.4 Å². The van der Waals surface area contributed by atoms with Gasteiger partial charge in [0, 0.05) is 11.5 Å². The molecule has 0 spiro atoms. The number of nitro benzene ring substituents is 1. The van der Waals surface area contributed by atoms with Crippen molar-refractivity contribution in [3.05, 3.63) is 75.5 Å². The third-order valence-corrected chi connectivity index (χ3v) is 4.35. The zero-order chi connectivity index (χ0) is 19.1. The first-order chi connectivity index (χ1) is 13.0. The molecule has 134 valence electrons. The van der Waals surface area contributed by atoms with Gasteiger partial charge in [-0.3, -0.25) is 14.9 Å². The number of carbonyl (C=O) groups is 1. The zero-order valence-corrected chi connectivity index (χ0v) is 14.1. The van der Waals surface area contributed by atoms with Crippen LogP contribution in [0.25, 0.3) is 16.8 Å². The fourth-order valence-electron chi connectivity index (χ4n) is 3.06. The summed E-state index contributed by atoms with van der Waals surface area (Å²) in [6.07, 6.45) is 1.39. The van der Waals surface area contributed by atoms with Crippen molar-refractivity contribution in [1.29, 1.82) is 0 Å². The maximum Gasteiger partial charge on any atom is 0.315 e. The topological polar surface area (TPSA) is 98.9 Å². The smallest absolute Gasteiger partial charge is 0.315 e. The number of hydrogen-bond acceptors (Lipinski definition) is 6. The lowest BCUT2D eigenvalue weighted by Gasteiger charge is -2.06. The Morgan fingerprint density at radius 3 is 2.70 bits per heavy atom. The minimum Gasteiger partial charge on any atom is -0.500 e. The van der Waals surface area contributed by atoms with Gasteiger partial charge in [-0.1, -0.05) is 30.3 Å². The van der Waals surface area contributed by atoms with E-state index in [2.05, 4.69) is 0 Å². The molecule has 0 radical (unpaired) electrons. The number of aromatic hydroxyl groups is 1. The van der Waals surface area contributed by atoms with Crippen LogP contribution in [0, 0.1) is 10.1 Å². The molecule has 3 aromatic rings. The average molecular weight is 363 g/mol. The van der Waals surface area contributed by atoms with E-state index in [-0.39, 0.29) is 17.3 Å². The van der Waals surface area contributed by atoms with Gasteiger partial charge < -0.3 is 14.6 Å². The zero-order valence-electron chi connectivity index (χ0n) is 14.1. The number of nitro groups is 1. The van der Waals surface area contributed by atoms with Crippen molar-refractivity contribution in [2.45, 2.75) is 0 Å². The lowest BCUT2D eigenvalue weighted by molar-refractivity contribution is -0.386. The first-order valence-corrected chi connectivity index (χ1v) is 8.01. The Morgan fingerprint density at radius 2 is 1.96 bits per heavy atom. The Morgan fingerprint density at radius 1 is 1.19 bits per heavy atom. The summed E-state index contributed by atoms with van der Waals surface area (Å²) in [6.45, 7) is 0. The van der Waals surface area contributed by atoms with Crippen molar-refractivity contribution < 1.29 is 24.3 Å². The van der Waals surface area contributed by atoms with Gasteiger partial charge in [0.2, 0.25) is 11.5 Å². The van der Waals surface area contributed by atoms with Crippen molar-refractivity contribution in [3.63, 3.8) is 0 Å². The number of methoxy groups -OCH3 is 1. The molecule has 0 atom stereocenters. The van der Waals surface area contributed by atoms with Crippen LogP contribution in [0.15, 0.2) is 54.3 Å². The predicted octanol–water partition coefficient (Wildman–Crippen LogP) is 4.08. The minimum absolute atomic E-state index is 0.0448. The SMILES string of the molecule is COc1cc(/C=C2\Oc3c(ccc4ccccc34)C2=O)cc([N+](=O)[O-])c1O. The normalized spacial score (nSPS) is 14.3. The Kier molecular flexibility index (Phi) is 3.77. The molecule has 0 aromatic heterocycles. The summed E-state index contributed by atoms with van der Waals surface area (Å²) in [5.74, 6) is -0.444. The van der Waals surface area contributed by atoms with Gasteiger partial charge in [0.25, 0.3) is 0 Å². The van der Waals surface area contributed by atoms with E-state index in [1.807, 2.05) is 30.3 Å². The number of allylic oxidation sites excluding steroid dienone is 1. The average Bonchev–Trinajstić information content (AvgIpc) is 2.99. The molecular weight excluding hydrogens is 350 g/mol. The summed E-state index contributed by atoms with van der Waals surface area (Å²) in [7, 11) is 1.29. The molecule has 7 heteroatoms. The fraction of sp³-hybridized carbons (Fsp3) is 0.0500. The maximum absolute atomic E-state index is 12.7. The number of fused-ring (bicyclic) bond motifs is 3. The second kappa shape index (κ2) is 6.14. The van der Waals surface area contributed by atoms with Gasteiger partial charge in [0.15, 0.2) is 11.5 Å². The molecular formula is C20H13NO6. The van der Waals surface area contributed by atoms with Gasteiger partial charge in [-0.05, 0) is 29.2 Å². The van der Waals surface area contributed by atoms with Crippen LogP contribution >= 0.6 is 0 Å². The molecule has 0 unspecified atom stereocenters. The van der Waals surface area contributed by atoms with Gasteiger partial charge in [0.1, 0.15) is 5.75 Å². The molecule has 0 amide bonds. The van der Waals surface area contributed by atoms with Crippen molar-refractivity contribution in [2.75, 3.05) is 7.11 Å². The maximum atomic E-state index is 12.7. The molecule has 0 bridgehead atoms. The van der Waals surface area contributed by atoms with Crippen LogP contribution in [0.5, 0.6) is 17.2 Å². The summed E-state index contributed by atoms with van der Waals surface area (Å²) >= 11 is 0. The second-order valence-electron chi connectivity index (χ2n) is 5.95. The van der Waals surface area contributed by atoms with E-state index >= 15 is 0 Å². The molecule has 27 heavy (non-hydrogen) atoms. The summed E-state index contributed by atoms with van der Waals surface area (Å²) < 4.78 is 10.8. The van der Waals surface area contributed by atoms with E-state index in [9.17, 15) is 20.0 Å². The number of hydrogen-bond donors (Lipinski definition) is 1. The molecule has 1 aliphatic rings. The molecule has 1 N–H and O–H groups in total. The van der Waals surface area contributed by atoms with Crippen LogP contribution in [0.3, 0.4) is 0 Å². The number of phenols is 1. The highest BCUT2D eigenvalue weighted by atomic mass is 16.6. The van der Waals surface area contributed by atoms with Crippen molar-refractivity contribution in [2.24, 2.45) is 0 Å². The van der Waals surface area contributed by atoms with Crippen LogP contribution < -0.4 is 9.47 Å². The minimum atomic E-state index is -0.723. The summed E-state index contributed by atoms with van der Waals surface area (Å²) in [4.78, 5) is 23.1. The molecule has 4 rings (SSSR count). The number of nitrogens with zero attached hydrogens (tertiary/aromatic N) is 1. The van der Waals surface area contributed by atoms with Crippen LogP contribution in [-0.4, -0.2) is 22.9 Å². The highest BCUT2D eigenvalue weighted by Gasteiger charge is 2.29. The number of ketones is 1. The highest BCUT2D eigenvalue weighted by Crippen LogP contribution is 2.40. The van der Waals surface area contributed by atoms with E-state index in [0.717, 1.165) is 16.8 Å². The Hall–Kier alpha value is -3.87. The second-order valence-corrected chi connectivity index (χ2v) is 5.95. The predicted molar refractivity (Wildman–Crippen MR) is 98.2 cm³/mol. The molecule has 0 aliphatic carbocycles. The molecule has 1 aliphatic heterocycles. The van der Waals surface area contributed by atoms with Gasteiger partial charge in [-0.25, -0.2) is 0 Å². The molecule has 0 saturated carbocycles. The Bertz CT molecular complexity index is 1150. The number of benzene rings is 3. The van der Waals surface area contributed by atoms with Crippen LogP contribution in [0.2, 0.25) is 0 Å². The van der Waals surface area contributed by atoms with Crippen LogP contribution in [0.4, 0.5) is 5.69 Å². The largest absolute Gasteiger partial charge is 0.500 e. The van der Waals surface area contributed by atoms with E-state index in [0.29, 0.717) is 16.9 Å². The summed E-state index contributed by atoms with van der Waals surface area (Å²) in [5, 5.41) is 22.8. The van der Waals surface area contributed by atoms with Crippen molar-refractivity contribution in [1.82, 2.24) is 0 Å². The Labute approximate surface area is 153 Å². The van der Waals surface area contributed by atoms with Gasteiger partial charge in [-0.2, -0.15) is 0 Å². The number of phenolic OH excluding ortho intramolecular Hbond substituents is 1. The lowest BCUT2D eigenvalue weighted by Crippen LogP contribution is -1.99. The molecule has 3 aromatic carbocycles. The number of ether oxygens (including phenoxy) is 2. The monoisotopic (exact) mass is 363 g/mol. The number of carbonyl (C=O) groups excluding carboxylic acids is 1. The number of Topliss-reactive ketones (excluding diaryl/α,β-unsaturated/α-hetero) is 1. The molecule has 0 saturated heterocycles. The quantitative estimate of drug-likeness (QED) is 0.428. The van der Waals surface area contributed by atoms with Crippen LogP contribution in [0.1, 0.15) is 15.9 Å². The van der Waals surface area contributed by atoms with E-state index in [1.54, 1.807) is 6.07 Å². The fourth-order valence-corrected chi connectivity index (χ4v) is 3.06. The third-order valence-electron chi connectivity index (χ3n) is 4.35. The van der Waals surface area contributed by atoms with Crippen molar-refractivity contribution >= 4 is 28.3 Å². The van der Waals surface area contributed by atoms with Crippen molar-refractivity contribution in [3.8, 4) is 17.2 Å². The van der Waals surface area contributed by atoms with Gasteiger partial charge in [0.05, 0.1) is 17.6 Å². The molecule has 7 nitrogen and oxygen atoms in total. The summed E-state index contributed by atoms with van der Waals surface area (Å²) in [6, 6.07) is 13.6. The first-order valence-electron chi connectivity index (χ1n) is 8.01. The highest BCUT2D eigenvalue weighted by molar-refractivity contribution is 6.17. The summed E-state index contributed by atoms with van der Waals surface area (Å²) in [5.41, 5.74) is 0.214. The molecule has 0 fully saturated rings. The van der Waals surface area contributed by atoms with Gasteiger partial charge >= 0.3 is 5.69 Å². The van der Waals surface area contributed by atoms with Gasteiger partial charge in [-0.15, -0.1) is 0 Å². The third kappa shape index (κ3) is 2.65. The lowest BCUT2D eigenvalue weighted by atomic mass is 10.0. The van der Waals surface area contributed by atoms with Crippen LogP contribution in [-0.2, 0) is 0 Å². The Balaban J connectivity index is 1.82. The van der Waals surface area contributed by atoms with E-state index in [1.165, 1.54) is 19.3 Å². The first kappa shape index (κ1) is 16.6. The molecule has 1 heterocycles. The standard InChI is InChI=1S/C20H13NO6/c1-26-16-9-11(8-15(19(16)23)21(24)25)10-17-18(22)14-7-6-12-4-2-3-5-13(12)20(14)27-17/h2-10,23H,1H3/b17-10-. The number of rotatable bonds is 3.